The third-order valence-electron chi connectivity index (χ3n) is 1.22. The summed E-state index contributed by atoms with van der Waals surface area (Å²) in [5.74, 6) is -4.86. The Labute approximate surface area is 97.8 Å². The lowest BCUT2D eigenvalue weighted by Crippen LogP contribution is -2.40. The molecule has 0 heterocycles. The molecule has 7 nitrogen and oxygen atoms in total. The average Bonchev–Trinajstić information content (AvgIpc) is 1.96. The van der Waals surface area contributed by atoms with Crippen molar-refractivity contribution in [1.82, 2.24) is 0 Å². The molecule has 0 bridgehead atoms. The van der Waals surface area contributed by atoms with Crippen molar-refractivity contribution < 1.29 is 35.4 Å². The minimum absolute atomic E-state index is 0.0880. The zero-order valence-corrected chi connectivity index (χ0v) is 9.40. The molecule has 0 aromatic heterocycles. The maximum absolute atomic E-state index is 8.65. The van der Waals surface area contributed by atoms with Gasteiger partial charge in [-0.1, -0.05) is 6.07 Å². The van der Waals surface area contributed by atoms with Gasteiger partial charge in [0.1, 0.15) is 11.5 Å². The standard InChI is InChI=1S/C6H6O2.C4H10O5/c7-5-2-1-3-6(8)4-5;1-3(5,6)9-4(2,7)8/h1-4,7-8H;5-8H,1-2H3. The first-order chi connectivity index (χ1) is 7.49. The van der Waals surface area contributed by atoms with Crippen molar-refractivity contribution in [2.45, 2.75) is 25.8 Å². The summed E-state index contributed by atoms with van der Waals surface area (Å²) in [6.07, 6.45) is 0. The van der Waals surface area contributed by atoms with Gasteiger partial charge in [-0.3, -0.25) is 4.74 Å². The normalized spacial score (nSPS) is 11.6. The van der Waals surface area contributed by atoms with Gasteiger partial charge in [0.25, 0.3) is 11.9 Å². The van der Waals surface area contributed by atoms with Crippen LogP contribution in [0.2, 0.25) is 0 Å². The van der Waals surface area contributed by atoms with Crippen molar-refractivity contribution in [3.63, 3.8) is 0 Å². The molecule has 17 heavy (non-hydrogen) atoms. The van der Waals surface area contributed by atoms with Crippen LogP contribution in [0.15, 0.2) is 24.3 Å². The van der Waals surface area contributed by atoms with E-state index < -0.39 is 11.9 Å². The highest BCUT2D eigenvalue weighted by molar-refractivity contribution is 5.30. The number of aromatic hydroxyl groups is 2. The van der Waals surface area contributed by atoms with E-state index in [-0.39, 0.29) is 11.5 Å². The molecule has 1 rings (SSSR count). The first kappa shape index (κ1) is 15.6. The second kappa shape index (κ2) is 5.80. The maximum atomic E-state index is 8.65. The van der Waals surface area contributed by atoms with Crippen LogP contribution in [0.1, 0.15) is 13.8 Å². The van der Waals surface area contributed by atoms with Gasteiger partial charge in [-0.2, -0.15) is 0 Å². The summed E-state index contributed by atoms with van der Waals surface area (Å²) in [6.45, 7) is 1.72. The number of aliphatic hydroxyl groups is 4. The van der Waals surface area contributed by atoms with Crippen LogP contribution in [0, 0.1) is 0 Å². The van der Waals surface area contributed by atoms with E-state index in [1.165, 1.54) is 18.2 Å². The predicted octanol–water partition coefficient (Wildman–Crippen LogP) is -0.583. The van der Waals surface area contributed by atoms with E-state index in [0.29, 0.717) is 0 Å². The van der Waals surface area contributed by atoms with Gasteiger partial charge in [-0.25, -0.2) is 0 Å². The molecule has 0 amide bonds. The Morgan fingerprint density at radius 2 is 1.24 bits per heavy atom. The first-order valence-electron chi connectivity index (χ1n) is 4.57. The highest BCUT2D eigenvalue weighted by atomic mass is 16.9. The fraction of sp³-hybridized carbons (Fsp3) is 0.400. The van der Waals surface area contributed by atoms with Crippen LogP contribution >= 0.6 is 0 Å². The van der Waals surface area contributed by atoms with E-state index in [1.54, 1.807) is 6.07 Å². The third kappa shape index (κ3) is 10.9. The van der Waals surface area contributed by atoms with E-state index in [9.17, 15) is 0 Å². The highest BCUT2D eigenvalue weighted by Crippen LogP contribution is 2.14. The molecule has 0 atom stereocenters. The minimum atomic E-state index is -2.52. The summed E-state index contributed by atoms with van der Waals surface area (Å²) in [6, 6.07) is 5.85. The van der Waals surface area contributed by atoms with Crippen LogP contribution in [0.25, 0.3) is 0 Å². The van der Waals surface area contributed by atoms with E-state index in [1.807, 2.05) is 0 Å². The predicted molar refractivity (Wildman–Crippen MR) is 56.5 cm³/mol. The molecule has 7 heteroatoms. The average molecular weight is 248 g/mol. The molecule has 1 aromatic rings. The van der Waals surface area contributed by atoms with Crippen molar-refractivity contribution in [3.05, 3.63) is 24.3 Å². The van der Waals surface area contributed by atoms with Crippen LogP contribution < -0.4 is 0 Å². The Bertz CT molecular complexity index is 308. The second-order valence-electron chi connectivity index (χ2n) is 3.49. The lowest BCUT2D eigenvalue weighted by molar-refractivity contribution is -0.457. The molecule has 0 spiro atoms. The molecule has 0 unspecified atom stereocenters. The highest BCUT2D eigenvalue weighted by Gasteiger charge is 2.28. The van der Waals surface area contributed by atoms with Gasteiger partial charge in [0.15, 0.2) is 0 Å². The quantitative estimate of drug-likeness (QED) is 0.386. The van der Waals surface area contributed by atoms with Gasteiger partial charge < -0.3 is 30.6 Å². The molecule has 0 saturated carbocycles. The summed E-state index contributed by atoms with van der Waals surface area (Å²) >= 11 is 0. The third-order valence-corrected chi connectivity index (χ3v) is 1.22. The number of hydrogen-bond donors (Lipinski definition) is 6. The Morgan fingerprint density at radius 1 is 0.882 bits per heavy atom. The van der Waals surface area contributed by atoms with Crippen LogP contribution in [-0.4, -0.2) is 42.6 Å². The molecule has 6 N–H and O–H groups in total. The molecule has 1 aromatic carbocycles. The van der Waals surface area contributed by atoms with Crippen molar-refractivity contribution in [2.24, 2.45) is 0 Å². The monoisotopic (exact) mass is 248 g/mol. The van der Waals surface area contributed by atoms with Gasteiger partial charge >= 0.3 is 0 Å². The fourth-order valence-electron chi connectivity index (χ4n) is 0.859. The molecule has 98 valence electrons. The molecular weight excluding hydrogens is 232 g/mol. The number of hydrogen-bond acceptors (Lipinski definition) is 7. The van der Waals surface area contributed by atoms with Gasteiger partial charge in [-0.15, -0.1) is 0 Å². The van der Waals surface area contributed by atoms with Crippen molar-refractivity contribution in [3.8, 4) is 11.5 Å². The number of benzene rings is 1. The van der Waals surface area contributed by atoms with Crippen molar-refractivity contribution >= 4 is 0 Å². The van der Waals surface area contributed by atoms with Crippen LogP contribution in [0.5, 0.6) is 11.5 Å². The second-order valence-corrected chi connectivity index (χ2v) is 3.49. The van der Waals surface area contributed by atoms with Gasteiger partial charge in [0, 0.05) is 19.9 Å². The molecule has 0 aliphatic heterocycles. The first-order valence-corrected chi connectivity index (χ1v) is 4.57. The fourth-order valence-corrected chi connectivity index (χ4v) is 0.859. The smallest absolute Gasteiger partial charge is 0.279 e. The maximum Gasteiger partial charge on any atom is 0.279 e. The molecule has 0 fully saturated rings. The topological polar surface area (TPSA) is 131 Å². The van der Waals surface area contributed by atoms with Crippen LogP contribution in [0.4, 0.5) is 0 Å². The minimum Gasteiger partial charge on any atom is -0.508 e. The lowest BCUT2D eigenvalue weighted by Gasteiger charge is -2.24. The Hall–Kier alpha value is -1.38. The van der Waals surface area contributed by atoms with Gasteiger partial charge in [-0.05, 0) is 12.1 Å². The molecule has 0 saturated heterocycles. The lowest BCUT2D eigenvalue weighted by atomic mass is 10.3. The van der Waals surface area contributed by atoms with Crippen LogP contribution in [0.3, 0.4) is 0 Å². The zero-order valence-electron chi connectivity index (χ0n) is 9.40. The van der Waals surface area contributed by atoms with E-state index >= 15 is 0 Å². The Balaban J connectivity index is 0.000000302. The number of ether oxygens (including phenoxy) is 1. The van der Waals surface area contributed by atoms with Gasteiger partial charge in [0.05, 0.1) is 0 Å². The number of phenolic OH excluding ortho intramolecular Hbond substituents is 2. The summed E-state index contributed by atoms with van der Waals surface area (Å²) < 4.78 is 3.85. The van der Waals surface area contributed by atoms with Crippen molar-refractivity contribution in [1.29, 1.82) is 0 Å². The summed E-state index contributed by atoms with van der Waals surface area (Å²) in [5.41, 5.74) is 0. The Morgan fingerprint density at radius 3 is 1.35 bits per heavy atom. The van der Waals surface area contributed by atoms with E-state index in [4.69, 9.17) is 30.6 Å². The van der Waals surface area contributed by atoms with E-state index in [0.717, 1.165) is 13.8 Å². The Kier molecular flexibility index (Phi) is 5.33. The summed E-state index contributed by atoms with van der Waals surface area (Å²) in [7, 11) is 0. The number of phenols is 2. The molecule has 0 radical (unpaired) electrons. The zero-order chi connectivity index (χ0) is 13.7. The summed E-state index contributed by atoms with van der Waals surface area (Å²) in [5, 5.41) is 50.8. The van der Waals surface area contributed by atoms with Gasteiger partial charge in [0.2, 0.25) is 0 Å². The largest absolute Gasteiger partial charge is 0.508 e. The summed E-state index contributed by atoms with van der Waals surface area (Å²) in [4.78, 5) is 0. The SMILES string of the molecule is CC(O)(O)OC(C)(O)O.Oc1cccc(O)c1. The molecule has 0 aliphatic rings. The molecule has 0 aliphatic carbocycles. The van der Waals surface area contributed by atoms with E-state index in [2.05, 4.69) is 4.74 Å². The van der Waals surface area contributed by atoms with Crippen LogP contribution in [-0.2, 0) is 4.74 Å². The van der Waals surface area contributed by atoms with Crippen molar-refractivity contribution in [2.75, 3.05) is 0 Å². The number of rotatable bonds is 2. The molecular formula is C10H16O7.